The van der Waals surface area contributed by atoms with Crippen LogP contribution in [-0.4, -0.2) is 40.8 Å². The van der Waals surface area contributed by atoms with Crippen molar-refractivity contribution in [3.8, 4) is 5.88 Å². The normalized spacial score (nSPS) is 15.5. The van der Waals surface area contributed by atoms with Crippen LogP contribution in [-0.2, 0) is 7.05 Å². The van der Waals surface area contributed by atoms with Gasteiger partial charge in [-0.05, 0) is 43.4 Å². The maximum atomic E-state index is 13.4. The molecule has 1 aliphatic rings. The second kappa shape index (κ2) is 6.82. The molecule has 0 saturated carbocycles. The summed E-state index contributed by atoms with van der Waals surface area (Å²) in [5.74, 6) is -1.20. The van der Waals surface area contributed by atoms with E-state index in [1.807, 2.05) is 0 Å². The van der Waals surface area contributed by atoms with E-state index in [-0.39, 0.29) is 11.8 Å². The average molecular weight is 349 g/mol. The Morgan fingerprint density at radius 3 is 2.52 bits per heavy atom. The van der Waals surface area contributed by atoms with Gasteiger partial charge in [-0.3, -0.25) is 4.79 Å². The lowest BCUT2D eigenvalue weighted by Gasteiger charge is -2.32. The number of halogens is 2. The number of piperidine rings is 1. The number of methoxy groups -OCH3 is 1. The van der Waals surface area contributed by atoms with Crippen LogP contribution < -0.4 is 4.74 Å². The molecule has 1 amide bonds. The summed E-state index contributed by atoms with van der Waals surface area (Å²) in [5, 5.41) is 4.25. The summed E-state index contributed by atoms with van der Waals surface area (Å²) >= 11 is 0. The van der Waals surface area contributed by atoms with Gasteiger partial charge in [-0.2, -0.15) is 5.10 Å². The van der Waals surface area contributed by atoms with Gasteiger partial charge in [-0.1, -0.05) is 6.07 Å². The summed E-state index contributed by atoms with van der Waals surface area (Å²) < 4.78 is 33.4. The van der Waals surface area contributed by atoms with E-state index in [4.69, 9.17) is 4.74 Å². The van der Waals surface area contributed by atoms with Crippen LogP contribution in [0.1, 0.15) is 40.4 Å². The van der Waals surface area contributed by atoms with Gasteiger partial charge in [0, 0.05) is 20.1 Å². The molecule has 1 fully saturated rings. The number of likely N-dealkylation sites (tertiary alicyclic amines) is 1. The first kappa shape index (κ1) is 17.4. The van der Waals surface area contributed by atoms with Crippen molar-refractivity contribution in [1.29, 1.82) is 0 Å². The highest BCUT2D eigenvalue weighted by atomic mass is 19.2. The third kappa shape index (κ3) is 3.23. The largest absolute Gasteiger partial charge is 0.481 e. The fraction of sp³-hybridized carbons (Fsp3) is 0.444. The van der Waals surface area contributed by atoms with Crippen molar-refractivity contribution in [2.24, 2.45) is 7.05 Å². The standard InChI is InChI=1S/C18H21F2N3O2/c1-11-16(18(25-3)22(2)21-11)17(24)23-8-6-12(7-9-23)13-4-5-14(19)15(20)10-13/h4-5,10,12H,6-9H2,1-3H3. The number of nitrogens with zero attached hydrogens (tertiary/aromatic N) is 3. The summed E-state index contributed by atoms with van der Waals surface area (Å²) in [6.45, 7) is 2.89. The maximum absolute atomic E-state index is 13.4. The highest BCUT2D eigenvalue weighted by Gasteiger charge is 2.29. The lowest BCUT2D eigenvalue weighted by Crippen LogP contribution is -2.38. The molecule has 0 N–H and O–H groups in total. The quantitative estimate of drug-likeness (QED) is 0.856. The van der Waals surface area contributed by atoms with Gasteiger partial charge in [-0.15, -0.1) is 0 Å². The van der Waals surface area contributed by atoms with E-state index in [0.717, 1.165) is 11.6 Å². The topological polar surface area (TPSA) is 47.4 Å². The predicted molar refractivity (Wildman–Crippen MR) is 88.7 cm³/mol. The number of hydrogen-bond donors (Lipinski definition) is 0. The van der Waals surface area contributed by atoms with Crippen LogP contribution >= 0.6 is 0 Å². The Hall–Kier alpha value is -2.44. The molecular weight excluding hydrogens is 328 g/mol. The zero-order valence-electron chi connectivity index (χ0n) is 14.6. The molecule has 1 aromatic heterocycles. The number of carbonyl (C=O) groups is 1. The van der Waals surface area contributed by atoms with Gasteiger partial charge >= 0.3 is 0 Å². The number of benzene rings is 1. The Labute approximate surface area is 145 Å². The molecule has 0 bridgehead atoms. The van der Waals surface area contributed by atoms with Gasteiger partial charge in [0.05, 0.1) is 12.8 Å². The third-order valence-electron chi connectivity index (χ3n) is 4.77. The van der Waals surface area contributed by atoms with Crippen LogP contribution in [0.15, 0.2) is 18.2 Å². The number of rotatable bonds is 3. The Kier molecular flexibility index (Phi) is 4.74. The molecular formula is C18H21F2N3O2. The van der Waals surface area contributed by atoms with E-state index < -0.39 is 11.6 Å². The van der Waals surface area contributed by atoms with Crippen LogP contribution in [0.3, 0.4) is 0 Å². The van der Waals surface area contributed by atoms with Gasteiger partial charge in [0.1, 0.15) is 5.56 Å². The Morgan fingerprint density at radius 1 is 1.24 bits per heavy atom. The minimum Gasteiger partial charge on any atom is -0.481 e. The molecule has 7 heteroatoms. The van der Waals surface area contributed by atoms with Crippen molar-refractivity contribution < 1.29 is 18.3 Å². The van der Waals surface area contributed by atoms with Crippen LogP contribution in [0.25, 0.3) is 0 Å². The summed E-state index contributed by atoms with van der Waals surface area (Å²) in [4.78, 5) is 14.6. The van der Waals surface area contributed by atoms with Crippen molar-refractivity contribution in [2.45, 2.75) is 25.7 Å². The van der Waals surface area contributed by atoms with E-state index in [1.165, 1.54) is 13.2 Å². The van der Waals surface area contributed by atoms with E-state index in [2.05, 4.69) is 5.10 Å². The van der Waals surface area contributed by atoms with Gasteiger partial charge in [0.2, 0.25) is 5.88 Å². The lowest BCUT2D eigenvalue weighted by atomic mass is 9.89. The fourth-order valence-electron chi connectivity index (χ4n) is 3.46. The minimum atomic E-state index is -0.837. The van der Waals surface area contributed by atoms with E-state index >= 15 is 0 Å². The molecule has 5 nitrogen and oxygen atoms in total. The summed E-state index contributed by atoms with van der Waals surface area (Å²) in [6.07, 6.45) is 1.41. The van der Waals surface area contributed by atoms with Crippen molar-refractivity contribution in [3.05, 3.63) is 46.7 Å². The SMILES string of the molecule is COc1c(C(=O)N2CCC(c3ccc(F)c(F)c3)CC2)c(C)nn1C. The molecule has 2 heterocycles. The summed E-state index contributed by atoms with van der Waals surface area (Å²) in [6, 6.07) is 4.03. The molecule has 0 atom stereocenters. The molecule has 1 aliphatic heterocycles. The van der Waals surface area contributed by atoms with Gasteiger partial charge in [0.25, 0.3) is 5.91 Å². The number of ether oxygens (including phenoxy) is 1. The lowest BCUT2D eigenvalue weighted by molar-refractivity contribution is 0.0708. The molecule has 2 aromatic rings. The zero-order valence-corrected chi connectivity index (χ0v) is 14.6. The highest BCUT2D eigenvalue weighted by Crippen LogP contribution is 2.31. The van der Waals surface area contributed by atoms with Crippen LogP contribution in [0, 0.1) is 18.6 Å². The summed E-state index contributed by atoms with van der Waals surface area (Å²) in [7, 11) is 3.25. The van der Waals surface area contributed by atoms with E-state index in [0.29, 0.717) is 43.1 Å². The average Bonchev–Trinajstić information content (AvgIpc) is 2.90. The smallest absolute Gasteiger partial charge is 0.261 e. The molecule has 0 unspecified atom stereocenters. The Morgan fingerprint density at radius 2 is 1.92 bits per heavy atom. The van der Waals surface area contributed by atoms with E-state index in [9.17, 15) is 13.6 Å². The molecule has 0 aliphatic carbocycles. The first-order valence-corrected chi connectivity index (χ1v) is 8.24. The third-order valence-corrected chi connectivity index (χ3v) is 4.77. The number of amides is 1. The maximum Gasteiger partial charge on any atom is 0.261 e. The number of hydrogen-bond acceptors (Lipinski definition) is 3. The molecule has 1 aromatic carbocycles. The first-order chi connectivity index (χ1) is 11.9. The molecule has 0 spiro atoms. The van der Waals surface area contributed by atoms with Crippen molar-refractivity contribution in [2.75, 3.05) is 20.2 Å². The second-order valence-electron chi connectivity index (χ2n) is 6.33. The molecule has 3 rings (SSSR count). The van der Waals surface area contributed by atoms with Crippen molar-refractivity contribution in [3.63, 3.8) is 0 Å². The predicted octanol–water partition coefficient (Wildman–Crippen LogP) is 3.04. The second-order valence-corrected chi connectivity index (χ2v) is 6.33. The fourth-order valence-corrected chi connectivity index (χ4v) is 3.46. The monoisotopic (exact) mass is 349 g/mol. The van der Waals surface area contributed by atoms with E-state index in [1.54, 1.807) is 29.6 Å². The minimum absolute atomic E-state index is 0.105. The molecule has 1 saturated heterocycles. The van der Waals surface area contributed by atoms with Crippen LogP contribution in [0.5, 0.6) is 5.88 Å². The van der Waals surface area contributed by atoms with Gasteiger partial charge < -0.3 is 9.64 Å². The first-order valence-electron chi connectivity index (χ1n) is 8.24. The number of aryl methyl sites for hydroxylation is 2. The van der Waals surface area contributed by atoms with Gasteiger partial charge in [-0.25, -0.2) is 13.5 Å². The Balaban J connectivity index is 1.72. The molecule has 0 radical (unpaired) electrons. The number of aromatic nitrogens is 2. The van der Waals surface area contributed by atoms with Gasteiger partial charge in [0.15, 0.2) is 11.6 Å². The van der Waals surface area contributed by atoms with Crippen LogP contribution in [0.2, 0.25) is 0 Å². The molecule has 134 valence electrons. The molecule has 25 heavy (non-hydrogen) atoms. The van der Waals surface area contributed by atoms with Crippen molar-refractivity contribution >= 4 is 5.91 Å². The zero-order chi connectivity index (χ0) is 18.1. The highest BCUT2D eigenvalue weighted by molar-refractivity contribution is 5.97. The number of carbonyl (C=O) groups excluding carboxylic acids is 1. The van der Waals surface area contributed by atoms with Crippen LogP contribution in [0.4, 0.5) is 8.78 Å². The summed E-state index contributed by atoms with van der Waals surface area (Å²) in [5.41, 5.74) is 1.89. The Bertz CT molecular complexity index is 796. The van der Waals surface area contributed by atoms with Crippen molar-refractivity contribution in [1.82, 2.24) is 14.7 Å².